The SMILES string of the molecule is CC[C@@H](C(=O)NCC(C)C)N(Cc1ccc(OC)cc1)C(=O)COc1cccc(C)c1. The highest BCUT2D eigenvalue weighted by molar-refractivity contribution is 5.88. The number of hydrogen-bond acceptors (Lipinski definition) is 4. The van der Waals surface area contributed by atoms with E-state index < -0.39 is 6.04 Å². The minimum atomic E-state index is -0.575. The normalized spacial score (nSPS) is 11.7. The number of amides is 2. The molecule has 0 spiro atoms. The van der Waals surface area contributed by atoms with Gasteiger partial charge in [0, 0.05) is 13.1 Å². The van der Waals surface area contributed by atoms with Gasteiger partial charge in [0.05, 0.1) is 7.11 Å². The number of nitrogens with zero attached hydrogens (tertiary/aromatic N) is 1. The fraction of sp³-hybridized carbons (Fsp3) is 0.440. The zero-order chi connectivity index (χ0) is 22.8. The molecule has 0 unspecified atom stereocenters. The second-order valence-corrected chi connectivity index (χ2v) is 8.04. The van der Waals surface area contributed by atoms with Gasteiger partial charge in [-0.3, -0.25) is 9.59 Å². The second-order valence-electron chi connectivity index (χ2n) is 8.04. The minimum Gasteiger partial charge on any atom is -0.497 e. The Kier molecular flexibility index (Phi) is 9.38. The van der Waals surface area contributed by atoms with Crippen LogP contribution in [0.4, 0.5) is 0 Å². The van der Waals surface area contributed by atoms with Gasteiger partial charge < -0.3 is 19.7 Å². The van der Waals surface area contributed by atoms with Crippen LogP contribution in [0.3, 0.4) is 0 Å². The van der Waals surface area contributed by atoms with Crippen molar-refractivity contribution in [2.75, 3.05) is 20.3 Å². The monoisotopic (exact) mass is 426 g/mol. The summed E-state index contributed by atoms with van der Waals surface area (Å²) in [5, 5.41) is 2.96. The van der Waals surface area contributed by atoms with Gasteiger partial charge in [-0.15, -0.1) is 0 Å². The lowest BCUT2D eigenvalue weighted by Crippen LogP contribution is -2.50. The molecule has 1 atom stereocenters. The molecule has 168 valence electrons. The highest BCUT2D eigenvalue weighted by Crippen LogP contribution is 2.17. The lowest BCUT2D eigenvalue weighted by Gasteiger charge is -2.31. The van der Waals surface area contributed by atoms with Gasteiger partial charge in [-0.25, -0.2) is 0 Å². The fourth-order valence-corrected chi connectivity index (χ4v) is 3.20. The highest BCUT2D eigenvalue weighted by Gasteiger charge is 2.29. The average Bonchev–Trinajstić information content (AvgIpc) is 2.76. The molecular weight excluding hydrogens is 392 g/mol. The summed E-state index contributed by atoms with van der Waals surface area (Å²) in [7, 11) is 1.61. The van der Waals surface area contributed by atoms with Gasteiger partial charge in [-0.05, 0) is 54.7 Å². The number of hydrogen-bond donors (Lipinski definition) is 1. The summed E-state index contributed by atoms with van der Waals surface area (Å²) in [4.78, 5) is 27.6. The van der Waals surface area contributed by atoms with Crippen LogP contribution >= 0.6 is 0 Å². The molecule has 31 heavy (non-hydrogen) atoms. The molecule has 0 fully saturated rings. The molecule has 2 aromatic carbocycles. The van der Waals surface area contributed by atoms with Crippen LogP contribution in [0.2, 0.25) is 0 Å². The Balaban J connectivity index is 2.19. The Morgan fingerprint density at radius 1 is 1.06 bits per heavy atom. The van der Waals surface area contributed by atoms with Crippen molar-refractivity contribution in [1.82, 2.24) is 10.2 Å². The topological polar surface area (TPSA) is 67.9 Å². The molecule has 1 N–H and O–H groups in total. The molecule has 6 nitrogen and oxygen atoms in total. The van der Waals surface area contributed by atoms with E-state index in [1.165, 1.54) is 0 Å². The lowest BCUT2D eigenvalue weighted by molar-refractivity contribution is -0.143. The summed E-state index contributed by atoms with van der Waals surface area (Å²) in [5.74, 6) is 1.33. The molecule has 0 radical (unpaired) electrons. The van der Waals surface area contributed by atoms with E-state index in [9.17, 15) is 9.59 Å². The van der Waals surface area contributed by atoms with Crippen LogP contribution in [0.5, 0.6) is 11.5 Å². The van der Waals surface area contributed by atoms with Crippen molar-refractivity contribution in [3.05, 3.63) is 59.7 Å². The third-order valence-corrected chi connectivity index (χ3v) is 4.93. The Morgan fingerprint density at radius 2 is 1.77 bits per heavy atom. The van der Waals surface area contributed by atoms with Gasteiger partial charge in [-0.1, -0.05) is 45.0 Å². The summed E-state index contributed by atoms with van der Waals surface area (Å²) in [5.41, 5.74) is 1.97. The number of aryl methyl sites for hydroxylation is 1. The Bertz CT molecular complexity index is 849. The van der Waals surface area contributed by atoms with Gasteiger partial charge in [0.2, 0.25) is 5.91 Å². The predicted molar refractivity (Wildman–Crippen MR) is 122 cm³/mol. The first-order valence-electron chi connectivity index (χ1n) is 10.7. The predicted octanol–water partition coefficient (Wildman–Crippen LogP) is 3.96. The van der Waals surface area contributed by atoms with Crippen LogP contribution < -0.4 is 14.8 Å². The van der Waals surface area contributed by atoms with Crippen LogP contribution in [-0.2, 0) is 16.1 Å². The fourth-order valence-electron chi connectivity index (χ4n) is 3.20. The van der Waals surface area contributed by atoms with Crippen molar-refractivity contribution < 1.29 is 19.1 Å². The van der Waals surface area contributed by atoms with E-state index in [1.54, 1.807) is 12.0 Å². The van der Waals surface area contributed by atoms with Crippen molar-refractivity contribution in [2.24, 2.45) is 5.92 Å². The minimum absolute atomic E-state index is 0.131. The first-order valence-corrected chi connectivity index (χ1v) is 10.7. The summed E-state index contributed by atoms with van der Waals surface area (Å²) < 4.78 is 10.9. The molecule has 0 aromatic heterocycles. The maximum atomic E-state index is 13.2. The number of ether oxygens (including phenoxy) is 2. The number of nitrogens with one attached hydrogen (secondary N) is 1. The first kappa shape index (κ1) is 24.3. The van der Waals surface area contributed by atoms with Crippen LogP contribution in [0.1, 0.15) is 38.3 Å². The first-order chi connectivity index (χ1) is 14.8. The van der Waals surface area contributed by atoms with Gasteiger partial charge in [-0.2, -0.15) is 0 Å². The maximum absolute atomic E-state index is 13.2. The third kappa shape index (κ3) is 7.63. The van der Waals surface area contributed by atoms with Gasteiger partial charge in [0.1, 0.15) is 17.5 Å². The van der Waals surface area contributed by atoms with Crippen molar-refractivity contribution >= 4 is 11.8 Å². The highest BCUT2D eigenvalue weighted by atomic mass is 16.5. The number of methoxy groups -OCH3 is 1. The van der Waals surface area contributed by atoms with Crippen LogP contribution in [-0.4, -0.2) is 43.0 Å². The van der Waals surface area contributed by atoms with E-state index in [0.717, 1.165) is 16.9 Å². The van der Waals surface area contributed by atoms with E-state index in [2.05, 4.69) is 5.32 Å². The Morgan fingerprint density at radius 3 is 2.35 bits per heavy atom. The van der Waals surface area contributed by atoms with Crippen molar-refractivity contribution in [1.29, 1.82) is 0 Å². The molecule has 0 heterocycles. The number of carbonyl (C=O) groups is 2. The third-order valence-electron chi connectivity index (χ3n) is 4.93. The summed E-state index contributed by atoms with van der Waals surface area (Å²) in [6, 6.07) is 14.5. The zero-order valence-corrected chi connectivity index (χ0v) is 19.2. The largest absolute Gasteiger partial charge is 0.497 e. The van der Waals surface area contributed by atoms with Crippen LogP contribution in [0.15, 0.2) is 48.5 Å². The Labute approximate surface area is 185 Å². The zero-order valence-electron chi connectivity index (χ0n) is 19.2. The van der Waals surface area contributed by atoms with E-state index >= 15 is 0 Å². The van der Waals surface area contributed by atoms with E-state index in [4.69, 9.17) is 9.47 Å². The van der Waals surface area contributed by atoms with Gasteiger partial charge in [0.25, 0.3) is 5.91 Å². The van der Waals surface area contributed by atoms with Gasteiger partial charge in [0.15, 0.2) is 6.61 Å². The van der Waals surface area contributed by atoms with E-state index in [-0.39, 0.29) is 18.4 Å². The molecule has 2 aromatic rings. The molecule has 0 saturated heterocycles. The number of rotatable bonds is 11. The molecule has 0 aliphatic carbocycles. The molecule has 0 saturated carbocycles. The van der Waals surface area contributed by atoms with Crippen LogP contribution in [0.25, 0.3) is 0 Å². The maximum Gasteiger partial charge on any atom is 0.261 e. The number of carbonyl (C=O) groups excluding carboxylic acids is 2. The van der Waals surface area contributed by atoms with Crippen LogP contribution in [0, 0.1) is 12.8 Å². The molecule has 2 rings (SSSR count). The van der Waals surface area contributed by atoms with Crippen molar-refractivity contribution in [3.63, 3.8) is 0 Å². The summed E-state index contributed by atoms with van der Waals surface area (Å²) in [6.07, 6.45) is 0.510. The van der Waals surface area contributed by atoms with Crippen molar-refractivity contribution in [3.8, 4) is 11.5 Å². The molecule has 0 bridgehead atoms. The summed E-state index contributed by atoms with van der Waals surface area (Å²) >= 11 is 0. The smallest absolute Gasteiger partial charge is 0.261 e. The molecular formula is C25H34N2O4. The van der Waals surface area contributed by atoms with E-state index in [0.29, 0.717) is 31.2 Å². The molecule has 2 amide bonds. The second kappa shape index (κ2) is 12.0. The Hall–Kier alpha value is -3.02. The lowest BCUT2D eigenvalue weighted by atomic mass is 10.1. The van der Waals surface area contributed by atoms with Gasteiger partial charge >= 0.3 is 0 Å². The average molecular weight is 427 g/mol. The van der Waals surface area contributed by atoms with Crippen molar-refractivity contribution in [2.45, 2.75) is 46.7 Å². The van der Waals surface area contributed by atoms with E-state index in [1.807, 2.05) is 76.2 Å². The molecule has 6 heteroatoms. The quantitative estimate of drug-likeness (QED) is 0.591. The number of benzene rings is 2. The molecule has 0 aliphatic rings. The summed E-state index contributed by atoms with van der Waals surface area (Å²) in [6.45, 7) is 8.71. The standard InChI is InChI=1S/C25H34N2O4/c1-6-23(25(29)26-15-18(2)3)27(16-20-10-12-21(30-5)13-11-20)24(28)17-31-22-9-7-8-19(4)14-22/h7-14,18,23H,6,15-17H2,1-5H3,(H,26,29)/t23-/m0/s1. The molecule has 0 aliphatic heterocycles.